The predicted molar refractivity (Wildman–Crippen MR) is 99.5 cm³/mol. The number of ether oxygens (including phenoxy) is 1. The lowest BCUT2D eigenvalue weighted by molar-refractivity contribution is -0.138. The van der Waals surface area contributed by atoms with E-state index in [1.54, 1.807) is 18.1 Å². The van der Waals surface area contributed by atoms with Crippen LogP contribution < -0.4 is 10.1 Å². The van der Waals surface area contributed by atoms with Gasteiger partial charge in [-0.1, -0.05) is 6.07 Å². The van der Waals surface area contributed by atoms with Gasteiger partial charge < -0.3 is 24.8 Å². The number of methoxy groups -OCH3 is 1. The van der Waals surface area contributed by atoms with Crippen LogP contribution in [0, 0.1) is 6.92 Å². The molecule has 0 unspecified atom stereocenters. The van der Waals surface area contributed by atoms with E-state index in [0.29, 0.717) is 44.0 Å². The summed E-state index contributed by atoms with van der Waals surface area (Å²) < 4.78 is 5.34. The Morgan fingerprint density at radius 2 is 1.88 bits per heavy atom. The summed E-state index contributed by atoms with van der Waals surface area (Å²) in [5.41, 5.74) is 1.41. The zero-order valence-corrected chi connectivity index (χ0v) is 15.8. The number of hydrogen-bond acceptors (Lipinski definition) is 5. The third-order valence-corrected chi connectivity index (χ3v) is 5.34. The van der Waals surface area contributed by atoms with Gasteiger partial charge in [-0.3, -0.25) is 9.59 Å². The van der Waals surface area contributed by atoms with Crippen LogP contribution in [0.25, 0.3) is 0 Å². The molecule has 1 aromatic rings. The summed E-state index contributed by atoms with van der Waals surface area (Å²) >= 11 is 0. The number of nitrogens with zero attached hydrogens (tertiary/aromatic N) is 3. The second-order valence-electron chi connectivity index (χ2n) is 6.98. The number of carbonyl (C=O) groups is 2. The van der Waals surface area contributed by atoms with Crippen LogP contribution in [0.4, 0.5) is 0 Å². The van der Waals surface area contributed by atoms with Gasteiger partial charge in [-0.2, -0.15) is 0 Å². The second-order valence-corrected chi connectivity index (χ2v) is 6.98. The van der Waals surface area contributed by atoms with Crippen LogP contribution in [0.2, 0.25) is 0 Å². The average molecular weight is 360 g/mol. The summed E-state index contributed by atoms with van der Waals surface area (Å²) in [6, 6.07) is 5.01. The molecule has 142 valence electrons. The highest BCUT2D eigenvalue weighted by Gasteiger charge is 2.36. The van der Waals surface area contributed by atoms with Crippen molar-refractivity contribution >= 4 is 11.8 Å². The summed E-state index contributed by atoms with van der Waals surface area (Å²) in [6.07, 6.45) is 0. The maximum atomic E-state index is 13.2. The van der Waals surface area contributed by atoms with E-state index in [-0.39, 0.29) is 11.8 Å². The molecule has 2 aliphatic rings. The van der Waals surface area contributed by atoms with Crippen LogP contribution in [0.1, 0.15) is 15.9 Å². The molecule has 0 aromatic heterocycles. The fraction of sp³-hybridized carbons (Fsp3) is 0.579. The monoisotopic (exact) mass is 360 g/mol. The Kier molecular flexibility index (Phi) is 5.78. The smallest absolute Gasteiger partial charge is 0.255 e. The second kappa shape index (κ2) is 8.05. The van der Waals surface area contributed by atoms with Crippen LogP contribution in [0.15, 0.2) is 18.2 Å². The van der Waals surface area contributed by atoms with Crippen molar-refractivity contribution in [1.29, 1.82) is 0 Å². The SMILES string of the molecule is COc1cccc(C(=O)N2CCNC[C@H]2C(=O)N2CCN(C)CC2)c1C. The molecule has 26 heavy (non-hydrogen) atoms. The lowest BCUT2D eigenvalue weighted by Crippen LogP contribution is -2.62. The zero-order chi connectivity index (χ0) is 18.7. The van der Waals surface area contributed by atoms with E-state index in [9.17, 15) is 9.59 Å². The number of piperazine rings is 2. The summed E-state index contributed by atoms with van der Waals surface area (Å²) in [7, 11) is 3.66. The zero-order valence-electron chi connectivity index (χ0n) is 15.8. The molecule has 0 bridgehead atoms. The van der Waals surface area contributed by atoms with Crippen molar-refractivity contribution in [2.75, 3.05) is 60.0 Å². The van der Waals surface area contributed by atoms with Crippen molar-refractivity contribution in [3.8, 4) is 5.75 Å². The van der Waals surface area contributed by atoms with Crippen molar-refractivity contribution in [1.82, 2.24) is 20.0 Å². The Labute approximate surface area is 154 Å². The normalized spacial score (nSPS) is 21.6. The van der Waals surface area contributed by atoms with E-state index < -0.39 is 6.04 Å². The molecule has 7 nitrogen and oxygen atoms in total. The van der Waals surface area contributed by atoms with Gasteiger partial charge >= 0.3 is 0 Å². The summed E-state index contributed by atoms with van der Waals surface area (Å²) in [5, 5.41) is 3.26. The minimum atomic E-state index is -0.453. The number of benzene rings is 1. The van der Waals surface area contributed by atoms with Crippen LogP contribution >= 0.6 is 0 Å². The molecule has 2 saturated heterocycles. The molecule has 0 spiro atoms. The van der Waals surface area contributed by atoms with Gasteiger partial charge in [0.05, 0.1) is 7.11 Å². The maximum Gasteiger partial charge on any atom is 0.255 e. The van der Waals surface area contributed by atoms with E-state index in [2.05, 4.69) is 17.3 Å². The van der Waals surface area contributed by atoms with Crippen LogP contribution in [-0.4, -0.2) is 92.5 Å². The number of carbonyl (C=O) groups excluding carboxylic acids is 2. The molecule has 0 radical (unpaired) electrons. The summed E-state index contributed by atoms with van der Waals surface area (Å²) in [6.45, 7) is 6.77. The first-order chi connectivity index (χ1) is 12.5. The first kappa shape index (κ1) is 18.7. The summed E-state index contributed by atoms with van der Waals surface area (Å²) in [5.74, 6) is 0.627. The topological polar surface area (TPSA) is 65.1 Å². The first-order valence-electron chi connectivity index (χ1n) is 9.15. The third kappa shape index (κ3) is 3.68. The average Bonchev–Trinajstić information content (AvgIpc) is 2.67. The van der Waals surface area contributed by atoms with Crippen LogP contribution in [0.3, 0.4) is 0 Å². The van der Waals surface area contributed by atoms with Crippen LogP contribution in [-0.2, 0) is 4.79 Å². The molecule has 2 heterocycles. The van der Waals surface area contributed by atoms with Gasteiger partial charge in [-0.15, -0.1) is 0 Å². The Balaban J connectivity index is 1.80. The Morgan fingerprint density at radius 3 is 2.58 bits per heavy atom. The Bertz CT molecular complexity index is 671. The maximum absolute atomic E-state index is 13.2. The van der Waals surface area contributed by atoms with Gasteiger partial charge in [0, 0.05) is 56.9 Å². The molecule has 0 saturated carbocycles. The molecule has 2 aliphatic heterocycles. The van der Waals surface area contributed by atoms with E-state index in [1.807, 2.05) is 24.0 Å². The van der Waals surface area contributed by atoms with Crippen molar-refractivity contribution < 1.29 is 14.3 Å². The highest BCUT2D eigenvalue weighted by atomic mass is 16.5. The number of amides is 2. The van der Waals surface area contributed by atoms with E-state index in [0.717, 1.165) is 18.7 Å². The Hall–Kier alpha value is -2.12. The van der Waals surface area contributed by atoms with E-state index in [1.165, 1.54) is 0 Å². The fourth-order valence-electron chi connectivity index (χ4n) is 3.63. The standard InChI is InChI=1S/C19H28N4O3/c1-14-15(5-4-6-17(14)26-3)18(24)23-8-7-20-13-16(23)19(25)22-11-9-21(2)10-12-22/h4-6,16,20H,7-13H2,1-3H3/t16-/m0/s1. The molecule has 1 atom stereocenters. The van der Waals surface area contributed by atoms with Gasteiger partial charge in [0.2, 0.25) is 5.91 Å². The molecule has 2 fully saturated rings. The minimum Gasteiger partial charge on any atom is -0.496 e. The molecule has 1 N–H and O–H groups in total. The third-order valence-electron chi connectivity index (χ3n) is 5.34. The number of likely N-dealkylation sites (N-methyl/N-ethyl adjacent to an activating group) is 1. The molecule has 3 rings (SSSR count). The molecule has 7 heteroatoms. The van der Waals surface area contributed by atoms with Crippen molar-refractivity contribution in [2.24, 2.45) is 0 Å². The van der Waals surface area contributed by atoms with Crippen molar-refractivity contribution in [3.63, 3.8) is 0 Å². The van der Waals surface area contributed by atoms with Gasteiger partial charge in [-0.05, 0) is 26.1 Å². The van der Waals surface area contributed by atoms with Gasteiger partial charge in [0.15, 0.2) is 0 Å². The highest BCUT2D eigenvalue weighted by Crippen LogP contribution is 2.23. The van der Waals surface area contributed by atoms with Crippen LogP contribution in [0.5, 0.6) is 5.75 Å². The van der Waals surface area contributed by atoms with Crippen molar-refractivity contribution in [3.05, 3.63) is 29.3 Å². The molecule has 0 aliphatic carbocycles. The molecule has 1 aromatic carbocycles. The van der Waals surface area contributed by atoms with Gasteiger partial charge in [0.1, 0.15) is 11.8 Å². The van der Waals surface area contributed by atoms with Gasteiger partial charge in [0.25, 0.3) is 5.91 Å². The van der Waals surface area contributed by atoms with Crippen molar-refractivity contribution in [2.45, 2.75) is 13.0 Å². The highest BCUT2D eigenvalue weighted by molar-refractivity contribution is 5.99. The van der Waals surface area contributed by atoms with E-state index in [4.69, 9.17) is 4.74 Å². The first-order valence-corrected chi connectivity index (χ1v) is 9.15. The lowest BCUT2D eigenvalue weighted by atomic mass is 10.0. The molecule has 2 amide bonds. The minimum absolute atomic E-state index is 0.0409. The Morgan fingerprint density at radius 1 is 1.15 bits per heavy atom. The fourth-order valence-corrected chi connectivity index (χ4v) is 3.63. The van der Waals surface area contributed by atoms with Gasteiger partial charge in [-0.25, -0.2) is 0 Å². The quantitative estimate of drug-likeness (QED) is 0.834. The number of nitrogens with one attached hydrogen (secondary N) is 1. The number of hydrogen-bond donors (Lipinski definition) is 1. The van der Waals surface area contributed by atoms with E-state index >= 15 is 0 Å². The summed E-state index contributed by atoms with van der Waals surface area (Å²) in [4.78, 5) is 32.1. The predicted octanol–water partition coefficient (Wildman–Crippen LogP) is 0.192. The number of rotatable bonds is 3. The lowest BCUT2D eigenvalue weighted by Gasteiger charge is -2.40. The molecular formula is C19H28N4O3. The molecular weight excluding hydrogens is 332 g/mol. The largest absolute Gasteiger partial charge is 0.496 e.